The lowest BCUT2D eigenvalue weighted by molar-refractivity contribution is 0.576. The van der Waals surface area contributed by atoms with Gasteiger partial charge in [0.05, 0.1) is 22.3 Å². The summed E-state index contributed by atoms with van der Waals surface area (Å²) in [6.45, 7) is 0.975. The molecule has 1 heterocycles. The van der Waals surface area contributed by atoms with E-state index in [0.717, 1.165) is 17.3 Å². The number of H-pyrrole nitrogens is 1. The van der Waals surface area contributed by atoms with Crippen LogP contribution in [0.15, 0.2) is 18.2 Å². The third-order valence-electron chi connectivity index (χ3n) is 2.67. The third-order valence-corrected chi connectivity index (χ3v) is 4.02. The van der Waals surface area contributed by atoms with Gasteiger partial charge in [0.25, 0.3) is 0 Å². The number of aryl methyl sites for hydroxylation is 1. The maximum atomic E-state index is 11.0. The molecular formula is C11H14ClN3O2S2. The van der Waals surface area contributed by atoms with Crippen molar-refractivity contribution in [1.82, 2.24) is 14.3 Å². The van der Waals surface area contributed by atoms with Crippen LogP contribution in [0.3, 0.4) is 0 Å². The van der Waals surface area contributed by atoms with Gasteiger partial charge in [0, 0.05) is 13.1 Å². The summed E-state index contributed by atoms with van der Waals surface area (Å²) in [6.07, 6.45) is 1.78. The van der Waals surface area contributed by atoms with Gasteiger partial charge in [-0.1, -0.05) is 17.7 Å². The van der Waals surface area contributed by atoms with Crippen LogP contribution in [-0.2, 0) is 16.6 Å². The number of halogens is 1. The molecule has 0 fully saturated rings. The molecule has 0 saturated heterocycles. The zero-order valence-electron chi connectivity index (χ0n) is 10.3. The number of hydrogen-bond acceptors (Lipinski definition) is 3. The van der Waals surface area contributed by atoms with Gasteiger partial charge in [0.2, 0.25) is 10.0 Å². The van der Waals surface area contributed by atoms with Gasteiger partial charge in [-0.05, 0) is 30.8 Å². The number of imidazole rings is 1. The molecule has 1 aromatic heterocycles. The molecule has 2 rings (SSSR count). The first-order valence-corrected chi connectivity index (χ1v) is 8.38. The van der Waals surface area contributed by atoms with Crippen LogP contribution in [0.5, 0.6) is 0 Å². The van der Waals surface area contributed by atoms with E-state index in [9.17, 15) is 8.42 Å². The van der Waals surface area contributed by atoms with E-state index in [1.54, 1.807) is 6.07 Å². The summed E-state index contributed by atoms with van der Waals surface area (Å²) in [5, 5.41) is 0.626. The molecule has 2 N–H and O–H groups in total. The number of nitrogens with one attached hydrogen (secondary N) is 2. The number of fused-ring (bicyclic) bond motifs is 1. The average molecular weight is 320 g/mol. The summed E-state index contributed by atoms with van der Waals surface area (Å²) in [4.78, 5) is 3.08. The number of benzene rings is 1. The minimum atomic E-state index is -3.15. The number of hydrogen-bond donors (Lipinski definition) is 2. The van der Waals surface area contributed by atoms with E-state index in [2.05, 4.69) is 9.71 Å². The van der Waals surface area contributed by atoms with E-state index in [4.69, 9.17) is 23.8 Å². The van der Waals surface area contributed by atoms with Gasteiger partial charge in [0.15, 0.2) is 4.77 Å². The van der Waals surface area contributed by atoms with Gasteiger partial charge in [-0.3, -0.25) is 0 Å². The smallest absolute Gasteiger partial charge is 0.208 e. The Hall–Kier alpha value is -0.890. The zero-order chi connectivity index (χ0) is 14.0. The summed E-state index contributed by atoms with van der Waals surface area (Å²) >= 11 is 11.4. The van der Waals surface area contributed by atoms with Crippen LogP contribution >= 0.6 is 23.8 Å². The van der Waals surface area contributed by atoms with E-state index in [1.165, 1.54) is 0 Å². The molecule has 0 aliphatic heterocycles. The second-order valence-corrected chi connectivity index (χ2v) is 6.86. The highest BCUT2D eigenvalue weighted by atomic mass is 35.5. The Morgan fingerprint density at radius 1 is 1.47 bits per heavy atom. The quantitative estimate of drug-likeness (QED) is 0.656. The van der Waals surface area contributed by atoms with Crippen molar-refractivity contribution in [2.75, 3.05) is 12.8 Å². The lowest BCUT2D eigenvalue weighted by Gasteiger charge is -2.06. The molecule has 1 aromatic carbocycles. The van der Waals surface area contributed by atoms with Crippen LogP contribution in [-0.4, -0.2) is 30.8 Å². The maximum absolute atomic E-state index is 11.0. The summed E-state index contributed by atoms with van der Waals surface area (Å²) in [7, 11) is -3.15. The Kier molecular flexibility index (Phi) is 4.29. The first-order chi connectivity index (χ1) is 8.88. The predicted octanol–water partition coefficient (Wildman–Crippen LogP) is 2.29. The van der Waals surface area contributed by atoms with E-state index in [-0.39, 0.29) is 0 Å². The first kappa shape index (κ1) is 14.5. The lowest BCUT2D eigenvalue weighted by Crippen LogP contribution is -2.23. The molecule has 0 amide bonds. The van der Waals surface area contributed by atoms with Gasteiger partial charge < -0.3 is 9.55 Å². The third kappa shape index (κ3) is 3.56. The molecule has 5 nitrogen and oxygen atoms in total. The SMILES string of the molecule is CS(=O)(=O)NCCCn1c(=S)[nH]c2cccc(Cl)c21. The molecule has 0 saturated carbocycles. The monoisotopic (exact) mass is 319 g/mol. The van der Waals surface area contributed by atoms with Gasteiger partial charge in [-0.25, -0.2) is 13.1 Å². The molecule has 19 heavy (non-hydrogen) atoms. The molecule has 0 aliphatic carbocycles. The highest BCUT2D eigenvalue weighted by molar-refractivity contribution is 7.88. The maximum Gasteiger partial charge on any atom is 0.208 e. The standard InChI is InChI=1S/C11H14ClN3O2S2/c1-19(16,17)13-6-3-7-15-10-8(12)4-2-5-9(10)14-11(15)18/h2,4-5,13H,3,6-7H2,1H3,(H,14,18). The summed E-state index contributed by atoms with van der Waals surface area (Å²) in [5.74, 6) is 0. The van der Waals surface area contributed by atoms with Crippen molar-refractivity contribution in [2.24, 2.45) is 0 Å². The van der Waals surface area contributed by atoms with Gasteiger partial charge >= 0.3 is 0 Å². The van der Waals surface area contributed by atoms with E-state index >= 15 is 0 Å². The van der Waals surface area contributed by atoms with Crippen LogP contribution in [0.2, 0.25) is 5.02 Å². The number of rotatable bonds is 5. The van der Waals surface area contributed by atoms with Crippen molar-refractivity contribution in [3.63, 3.8) is 0 Å². The van der Waals surface area contributed by atoms with Gasteiger partial charge in [0.1, 0.15) is 0 Å². The van der Waals surface area contributed by atoms with E-state index in [0.29, 0.717) is 29.3 Å². The Morgan fingerprint density at radius 2 is 2.21 bits per heavy atom. The number of para-hydroxylation sites is 1. The molecule has 0 atom stereocenters. The highest BCUT2D eigenvalue weighted by Crippen LogP contribution is 2.23. The fourth-order valence-corrected chi connectivity index (χ4v) is 2.97. The average Bonchev–Trinajstić information content (AvgIpc) is 2.61. The topological polar surface area (TPSA) is 66.9 Å². The summed E-state index contributed by atoms with van der Waals surface area (Å²) in [5.41, 5.74) is 1.74. The fourth-order valence-electron chi connectivity index (χ4n) is 1.88. The molecule has 2 aromatic rings. The van der Waals surface area contributed by atoms with Crippen molar-refractivity contribution in [1.29, 1.82) is 0 Å². The molecule has 104 valence electrons. The molecule has 0 radical (unpaired) electrons. The zero-order valence-corrected chi connectivity index (χ0v) is 12.7. The van der Waals surface area contributed by atoms with Crippen molar-refractivity contribution < 1.29 is 8.42 Å². The Labute approximate surface area is 121 Å². The molecule has 0 bridgehead atoms. The number of sulfonamides is 1. The number of aromatic amines is 1. The van der Waals surface area contributed by atoms with Crippen molar-refractivity contribution in [3.05, 3.63) is 28.0 Å². The molecular weight excluding hydrogens is 306 g/mol. The molecule has 0 aliphatic rings. The van der Waals surface area contributed by atoms with Crippen molar-refractivity contribution >= 4 is 44.9 Å². The lowest BCUT2D eigenvalue weighted by atomic mass is 10.3. The normalized spacial score (nSPS) is 12.1. The minimum Gasteiger partial charge on any atom is -0.331 e. The van der Waals surface area contributed by atoms with Crippen LogP contribution in [0.4, 0.5) is 0 Å². The highest BCUT2D eigenvalue weighted by Gasteiger charge is 2.08. The van der Waals surface area contributed by atoms with Crippen LogP contribution in [0.1, 0.15) is 6.42 Å². The number of aromatic nitrogens is 2. The van der Waals surface area contributed by atoms with Gasteiger partial charge in [-0.2, -0.15) is 0 Å². The largest absolute Gasteiger partial charge is 0.331 e. The van der Waals surface area contributed by atoms with Crippen LogP contribution in [0.25, 0.3) is 11.0 Å². The van der Waals surface area contributed by atoms with Crippen molar-refractivity contribution in [3.8, 4) is 0 Å². The second-order valence-electron chi connectivity index (χ2n) is 4.24. The summed E-state index contributed by atoms with van der Waals surface area (Å²) in [6, 6.07) is 5.56. The molecule has 0 spiro atoms. The van der Waals surface area contributed by atoms with E-state index < -0.39 is 10.0 Å². The summed E-state index contributed by atoms with van der Waals surface area (Å²) < 4.78 is 26.8. The fraction of sp³-hybridized carbons (Fsp3) is 0.364. The predicted molar refractivity (Wildman–Crippen MR) is 79.6 cm³/mol. The molecule has 8 heteroatoms. The van der Waals surface area contributed by atoms with E-state index in [1.807, 2.05) is 16.7 Å². The van der Waals surface area contributed by atoms with Crippen molar-refractivity contribution in [2.45, 2.75) is 13.0 Å². The second kappa shape index (κ2) is 5.62. The minimum absolute atomic E-state index is 0.373. The Balaban J connectivity index is 2.17. The Bertz CT molecular complexity index is 749. The number of nitrogens with zero attached hydrogens (tertiary/aromatic N) is 1. The Morgan fingerprint density at radius 3 is 2.89 bits per heavy atom. The first-order valence-electron chi connectivity index (χ1n) is 5.70. The van der Waals surface area contributed by atoms with Gasteiger partial charge in [-0.15, -0.1) is 0 Å². The van der Waals surface area contributed by atoms with Crippen LogP contribution < -0.4 is 4.72 Å². The molecule has 0 unspecified atom stereocenters. The van der Waals surface area contributed by atoms with Crippen LogP contribution in [0, 0.1) is 4.77 Å².